The van der Waals surface area contributed by atoms with Gasteiger partial charge < -0.3 is 9.53 Å². The summed E-state index contributed by atoms with van der Waals surface area (Å²) in [6.45, 7) is 15.5. The predicted octanol–water partition coefficient (Wildman–Crippen LogP) is 5.39. The third-order valence-electron chi connectivity index (χ3n) is 4.85. The molecule has 0 unspecified atom stereocenters. The topological polar surface area (TPSA) is 46.5 Å². The van der Waals surface area contributed by atoms with Gasteiger partial charge in [0.1, 0.15) is 0 Å². The fourth-order valence-corrected chi connectivity index (χ4v) is 4.12. The van der Waals surface area contributed by atoms with Gasteiger partial charge in [0.05, 0.1) is 12.0 Å². The molecule has 0 fully saturated rings. The molecule has 0 aliphatic carbocycles. The Labute approximate surface area is 183 Å². The zero-order valence-electron chi connectivity index (χ0n) is 19.3. The second-order valence-electron chi connectivity index (χ2n) is 9.83. The van der Waals surface area contributed by atoms with Crippen molar-refractivity contribution in [3.63, 3.8) is 0 Å². The number of carbonyl (C=O) groups is 1. The van der Waals surface area contributed by atoms with E-state index in [4.69, 9.17) is 9.53 Å². The smallest absolute Gasteiger partial charge is 0.307 e. The van der Waals surface area contributed by atoms with Gasteiger partial charge in [-0.25, -0.2) is 0 Å². The molecular weight excluding hydrogens is 388 g/mol. The largest absolute Gasteiger partial charge is 0.481 e. The third-order valence-corrected chi connectivity index (χ3v) is 6.58. The predicted molar refractivity (Wildman–Crippen MR) is 127 cm³/mol. The van der Waals surface area contributed by atoms with E-state index < -0.39 is 15.7 Å². The van der Waals surface area contributed by atoms with Crippen LogP contribution >= 0.6 is 0 Å². The van der Waals surface area contributed by atoms with E-state index in [1.807, 2.05) is 24.3 Å². The molecule has 0 aliphatic heterocycles. The van der Waals surface area contributed by atoms with Crippen LogP contribution in [0.4, 0.5) is 0 Å². The molecule has 2 aromatic carbocycles. The van der Waals surface area contributed by atoms with E-state index in [9.17, 15) is 4.79 Å². The summed E-state index contributed by atoms with van der Waals surface area (Å²) < 4.78 is 6.44. The Hall–Kier alpha value is -2.35. The van der Waals surface area contributed by atoms with Crippen molar-refractivity contribution in [2.45, 2.75) is 71.4 Å². The number of benzene rings is 2. The molecule has 0 bridgehead atoms. The summed E-state index contributed by atoms with van der Waals surface area (Å²) in [6.07, 6.45) is 0.0306. The maximum Gasteiger partial charge on any atom is 0.307 e. The molecule has 3 nitrogen and oxygen atoms in total. The van der Waals surface area contributed by atoms with Crippen molar-refractivity contribution in [3.8, 4) is 11.8 Å². The molecule has 2 aromatic rings. The van der Waals surface area contributed by atoms with E-state index in [-0.39, 0.29) is 17.1 Å². The number of carboxylic acid groups (broad SMARTS) is 1. The molecule has 30 heavy (non-hydrogen) atoms. The van der Waals surface area contributed by atoms with Crippen molar-refractivity contribution >= 4 is 15.7 Å². The molecule has 0 amide bonds. The normalized spacial score (nSPS) is 12.3. The van der Waals surface area contributed by atoms with Crippen LogP contribution in [0.3, 0.4) is 0 Å². The van der Waals surface area contributed by atoms with Crippen molar-refractivity contribution in [3.05, 3.63) is 70.3 Å². The molecule has 4 heteroatoms. The van der Waals surface area contributed by atoms with Crippen LogP contribution in [0, 0.1) is 11.8 Å². The maximum atomic E-state index is 10.8. The first kappa shape index (κ1) is 23.9. The lowest BCUT2D eigenvalue weighted by molar-refractivity contribution is -0.136. The standard InChI is InChI=1S/C26H34O3Si/c1-18(2)22-16-20(11-8-19-9-12-21(13-10-19)17-24(27)28)14-15-23(22)26(6,7)29-30-25(3,4)5/h9-10,12-16,18H,17,30H2,1-7H3,(H,27,28). The van der Waals surface area contributed by atoms with Crippen LogP contribution in [0.2, 0.25) is 5.04 Å². The zero-order chi connectivity index (χ0) is 22.5. The quantitative estimate of drug-likeness (QED) is 0.501. The van der Waals surface area contributed by atoms with Crippen molar-refractivity contribution in [2.75, 3.05) is 0 Å². The summed E-state index contributed by atoms with van der Waals surface area (Å²) in [5, 5.41) is 9.13. The van der Waals surface area contributed by atoms with E-state index in [1.165, 1.54) is 11.1 Å². The number of aliphatic carboxylic acids is 1. The minimum absolute atomic E-state index is 0.0306. The van der Waals surface area contributed by atoms with Crippen molar-refractivity contribution in [1.82, 2.24) is 0 Å². The zero-order valence-corrected chi connectivity index (χ0v) is 20.7. The first-order chi connectivity index (χ1) is 13.9. The fraction of sp³-hybridized carbons (Fsp3) is 0.423. The van der Waals surface area contributed by atoms with Crippen molar-refractivity contribution in [2.24, 2.45) is 0 Å². The van der Waals surface area contributed by atoms with E-state index in [2.05, 4.69) is 78.5 Å². The fourth-order valence-electron chi connectivity index (χ4n) is 3.17. The van der Waals surface area contributed by atoms with Gasteiger partial charge >= 0.3 is 5.97 Å². The molecule has 1 N–H and O–H groups in total. The van der Waals surface area contributed by atoms with E-state index in [0.29, 0.717) is 5.92 Å². The van der Waals surface area contributed by atoms with Gasteiger partial charge in [-0.05, 0) is 65.8 Å². The second kappa shape index (κ2) is 9.64. The summed E-state index contributed by atoms with van der Waals surface area (Å²) in [6, 6.07) is 13.8. The van der Waals surface area contributed by atoms with Gasteiger partial charge in [-0.2, -0.15) is 0 Å². The van der Waals surface area contributed by atoms with Crippen LogP contribution in [0.25, 0.3) is 0 Å². The Morgan fingerprint density at radius 3 is 2.10 bits per heavy atom. The molecule has 0 heterocycles. The van der Waals surface area contributed by atoms with Gasteiger partial charge in [-0.3, -0.25) is 4.79 Å². The Kier molecular flexibility index (Phi) is 7.68. The van der Waals surface area contributed by atoms with Gasteiger partial charge in [0.25, 0.3) is 0 Å². The molecular formula is C26H34O3Si. The number of rotatable bonds is 6. The third kappa shape index (κ3) is 7.16. The van der Waals surface area contributed by atoms with Crippen LogP contribution in [0.5, 0.6) is 0 Å². The van der Waals surface area contributed by atoms with Gasteiger partial charge in [0, 0.05) is 11.1 Å². The first-order valence-electron chi connectivity index (χ1n) is 10.5. The minimum atomic E-state index is -0.827. The Morgan fingerprint density at radius 2 is 1.57 bits per heavy atom. The van der Waals surface area contributed by atoms with Crippen LogP contribution in [-0.4, -0.2) is 20.8 Å². The number of carboxylic acids is 1. The highest BCUT2D eigenvalue weighted by molar-refractivity contribution is 6.31. The first-order valence-corrected chi connectivity index (χ1v) is 11.8. The molecule has 0 radical (unpaired) electrons. The monoisotopic (exact) mass is 422 g/mol. The molecule has 0 saturated heterocycles. The highest BCUT2D eigenvalue weighted by Gasteiger charge is 2.27. The van der Waals surface area contributed by atoms with E-state index >= 15 is 0 Å². The molecule has 2 rings (SSSR count). The molecule has 0 aliphatic rings. The van der Waals surface area contributed by atoms with Gasteiger partial charge in [-0.15, -0.1) is 0 Å². The Bertz CT molecular complexity index is 939. The summed E-state index contributed by atoms with van der Waals surface area (Å²) in [5.41, 5.74) is 4.82. The summed E-state index contributed by atoms with van der Waals surface area (Å²) >= 11 is 0. The molecule has 0 spiro atoms. The molecule has 0 atom stereocenters. The average Bonchev–Trinajstić information content (AvgIpc) is 2.65. The lowest BCUT2D eigenvalue weighted by atomic mass is 9.87. The lowest BCUT2D eigenvalue weighted by Crippen LogP contribution is -2.29. The summed E-state index contributed by atoms with van der Waals surface area (Å²) in [4.78, 5) is 10.8. The van der Waals surface area contributed by atoms with Crippen LogP contribution in [0.15, 0.2) is 42.5 Å². The molecule has 160 valence electrons. The van der Waals surface area contributed by atoms with Crippen molar-refractivity contribution in [1.29, 1.82) is 0 Å². The highest BCUT2D eigenvalue weighted by atomic mass is 28.2. The Balaban J connectivity index is 2.27. The van der Waals surface area contributed by atoms with Gasteiger partial charge in [0.2, 0.25) is 0 Å². The summed E-state index contributed by atoms with van der Waals surface area (Å²) in [7, 11) is -0.669. The highest BCUT2D eigenvalue weighted by Crippen LogP contribution is 2.34. The number of hydrogen-bond acceptors (Lipinski definition) is 2. The van der Waals surface area contributed by atoms with Crippen molar-refractivity contribution < 1.29 is 14.3 Å². The lowest BCUT2D eigenvalue weighted by Gasteiger charge is -2.33. The second-order valence-corrected chi connectivity index (χ2v) is 12.5. The Morgan fingerprint density at radius 1 is 1.00 bits per heavy atom. The SMILES string of the molecule is CC(C)c1cc(C#Cc2ccc(CC(=O)O)cc2)ccc1C(C)(C)O[SiH2]C(C)(C)C. The van der Waals surface area contributed by atoms with E-state index in [0.717, 1.165) is 16.7 Å². The van der Waals surface area contributed by atoms with Gasteiger partial charge in [-0.1, -0.05) is 64.7 Å². The minimum Gasteiger partial charge on any atom is -0.481 e. The maximum absolute atomic E-state index is 10.8. The number of hydrogen-bond donors (Lipinski definition) is 1. The van der Waals surface area contributed by atoms with Gasteiger partial charge in [0.15, 0.2) is 9.76 Å². The summed E-state index contributed by atoms with van der Waals surface area (Å²) in [5.74, 6) is 5.99. The van der Waals surface area contributed by atoms with Crippen LogP contribution < -0.4 is 0 Å². The average molecular weight is 423 g/mol. The van der Waals surface area contributed by atoms with Crippen LogP contribution in [0.1, 0.15) is 82.2 Å². The molecule has 0 aromatic heterocycles. The molecule has 0 saturated carbocycles. The van der Waals surface area contributed by atoms with E-state index in [1.54, 1.807) is 0 Å². The van der Waals surface area contributed by atoms with Crippen LogP contribution in [-0.2, 0) is 21.2 Å².